The van der Waals surface area contributed by atoms with Crippen LogP contribution in [-0.2, 0) is 12.0 Å². The molecule has 20 heavy (non-hydrogen) atoms. The van der Waals surface area contributed by atoms with E-state index in [1.807, 2.05) is 0 Å². The molecule has 4 rings (SSSR count). The predicted molar refractivity (Wildman–Crippen MR) is 76.9 cm³/mol. The Morgan fingerprint density at radius 1 is 1.35 bits per heavy atom. The molecule has 2 saturated carbocycles. The fourth-order valence-electron chi connectivity index (χ4n) is 5.27. The van der Waals surface area contributed by atoms with Crippen molar-refractivity contribution in [1.82, 2.24) is 0 Å². The van der Waals surface area contributed by atoms with Crippen molar-refractivity contribution in [2.24, 2.45) is 17.3 Å². The molecule has 0 aromatic heterocycles. The molecule has 0 heterocycles. The third-order valence-corrected chi connectivity index (χ3v) is 6.25. The quantitative estimate of drug-likeness (QED) is 0.847. The van der Waals surface area contributed by atoms with Gasteiger partial charge < -0.3 is 5.11 Å². The van der Waals surface area contributed by atoms with Gasteiger partial charge in [-0.1, -0.05) is 30.2 Å². The number of fused-ring (bicyclic) bond motifs is 3. The number of nitrogens with zero attached hydrogens (tertiary/aromatic N) is 1. The zero-order valence-electron chi connectivity index (χ0n) is 12.0. The standard InChI is InChI=1S/C18H21NO/c1-12-2-4-14-6-7-18(20,16(14)8-12)17(11-19)10-13-3-5-15(17)9-13/h2,4,8,13,15,20H,3,5-7,9-10H2,1H3. The molecule has 2 fully saturated rings. The van der Waals surface area contributed by atoms with Gasteiger partial charge in [-0.25, -0.2) is 0 Å². The average molecular weight is 267 g/mol. The van der Waals surface area contributed by atoms with Gasteiger partial charge in [0.1, 0.15) is 5.60 Å². The molecule has 3 aliphatic carbocycles. The molecule has 0 aliphatic heterocycles. The van der Waals surface area contributed by atoms with E-state index in [0.717, 1.165) is 37.7 Å². The van der Waals surface area contributed by atoms with Gasteiger partial charge >= 0.3 is 0 Å². The van der Waals surface area contributed by atoms with E-state index in [4.69, 9.17) is 0 Å². The molecule has 4 atom stereocenters. The zero-order chi connectivity index (χ0) is 14.0. The van der Waals surface area contributed by atoms with E-state index in [2.05, 4.69) is 31.2 Å². The van der Waals surface area contributed by atoms with Crippen molar-refractivity contribution >= 4 is 0 Å². The van der Waals surface area contributed by atoms with Gasteiger partial charge in [-0.2, -0.15) is 5.26 Å². The Kier molecular flexibility index (Phi) is 2.40. The third kappa shape index (κ3) is 1.32. The summed E-state index contributed by atoms with van der Waals surface area (Å²) in [6.07, 6.45) is 6.07. The van der Waals surface area contributed by atoms with Gasteiger partial charge in [0.25, 0.3) is 0 Å². The normalized spacial score (nSPS) is 41.6. The van der Waals surface area contributed by atoms with Crippen LogP contribution in [0.1, 0.15) is 48.8 Å². The minimum atomic E-state index is -0.914. The number of hydrogen-bond acceptors (Lipinski definition) is 2. The molecule has 2 heteroatoms. The van der Waals surface area contributed by atoms with E-state index in [-0.39, 0.29) is 0 Å². The summed E-state index contributed by atoms with van der Waals surface area (Å²) in [5.41, 5.74) is 2.03. The monoisotopic (exact) mass is 267 g/mol. The summed E-state index contributed by atoms with van der Waals surface area (Å²) in [5, 5.41) is 21.5. The molecule has 1 aromatic carbocycles. The molecule has 2 nitrogen and oxygen atoms in total. The number of aliphatic hydroxyl groups is 1. The summed E-state index contributed by atoms with van der Waals surface area (Å²) < 4.78 is 0. The molecule has 2 bridgehead atoms. The van der Waals surface area contributed by atoms with Crippen molar-refractivity contribution in [3.05, 3.63) is 34.9 Å². The highest BCUT2D eigenvalue weighted by Gasteiger charge is 2.64. The van der Waals surface area contributed by atoms with E-state index in [9.17, 15) is 10.4 Å². The van der Waals surface area contributed by atoms with Crippen molar-refractivity contribution in [2.45, 2.75) is 51.0 Å². The first kappa shape index (κ1) is 12.4. The molecule has 0 radical (unpaired) electrons. The number of aryl methyl sites for hydroxylation is 2. The Morgan fingerprint density at radius 3 is 2.85 bits per heavy atom. The topological polar surface area (TPSA) is 44.0 Å². The summed E-state index contributed by atoms with van der Waals surface area (Å²) in [5.74, 6) is 1.06. The van der Waals surface area contributed by atoms with Gasteiger partial charge in [0.05, 0.1) is 11.5 Å². The van der Waals surface area contributed by atoms with Crippen LogP contribution in [0.2, 0.25) is 0 Å². The molecule has 1 aromatic rings. The summed E-state index contributed by atoms with van der Waals surface area (Å²) in [4.78, 5) is 0. The van der Waals surface area contributed by atoms with E-state index < -0.39 is 11.0 Å². The molecule has 0 spiro atoms. The maximum Gasteiger partial charge on any atom is 0.109 e. The highest BCUT2D eigenvalue weighted by atomic mass is 16.3. The fraction of sp³-hybridized carbons (Fsp3) is 0.611. The third-order valence-electron chi connectivity index (χ3n) is 6.25. The van der Waals surface area contributed by atoms with Crippen LogP contribution in [0.25, 0.3) is 0 Å². The molecule has 104 valence electrons. The highest BCUT2D eigenvalue weighted by Crippen LogP contribution is 2.65. The van der Waals surface area contributed by atoms with Crippen LogP contribution < -0.4 is 0 Å². The van der Waals surface area contributed by atoms with Gasteiger partial charge in [-0.05, 0) is 62.0 Å². The maximum atomic E-state index is 11.5. The Hall–Kier alpha value is -1.33. The van der Waals surface area contributed by atoms with Gasteiger partial charge in [0.15, 0.2) is 0 Å². The zero-order valence-corrected chi connectivity index (χ0v) is 12.0. The van der Waals surface area contributed by atoms with Crippen LogP contribution >= 0.6 is 0 Å². The second-order valence-corrected chi connectivity index (χ2v) is 7.18. The second-order valence-electron chi connectivity index (χ2n) is 7.18. The Balaban J connectivity index is 1.87. The van der Waals surface area contributed by atoms with Gasteiger partial charge in [-0.3, -0.25) is 0 Å². The molecule has 0 saturated heterocycles. The lowest BCUT2D eigenvalue weighted by Crippen LogP contribution is -2.47. The minimum absolute atomic E-state index is 0.397. The van der Waals surface area contributed by atoms with E-state index >= 15 is 0 Å². The Bertz CT molecular complexity index is 616. The molecule has 3 aliphatic rings. The fourth-order valence-corrected chi connectivity index (χ4v) is 5.27. The van der Waals surface area contributed by atoms with Crippen LogP contribution in [0.15, 0.2) is 18.2 Å². The second kappa shape index (κ2) is 3.86. The van der Waals surface area contributed by atoms with E-state index in [1.165, 1.54) is 17.5 Å². The van der Waals surface area contributed by atoms with Gasteiger partial charge in [0.2, 0.25) is 0 Å². The lowest BCUT2D eigenvalue weighted by atomic mass is 9.61. The molecule has 1 N–H and O–H groups in total. The van der Waals surface area contributed by atoms with Crippen molar-refractivity contribution < 1.29 is 5.11 Å². The summed E-state index contributed by atoms with van der Waals surface area (Å²) in [6, 6.07) is 8.98. The molecular formula is C18H21NO. The van der Waals surface area contributed by atoms with Crippen molar-refractivity contribution in [3.63, 3.8) is 0 Å². The van der Waals surface area contributed by atoms with Crippen LogP contribution in [0, 0.1) is 35.5 Å². The lowest BCUT2D eigenvalue weighted by molar-refractivity contribution is -0.0870. The number of benzene rings is 1. The predicted octanol–water partition coefficient (Wildman–Crippen LogP) is 3.46. The van der Waals surface area contributed by atoms with Gasteiger partial charge in [-0.15, -0.1) is 0 Å². The van der Waals surface area contributed by atoms with E-state index in [0.29, 0.717) is 11.8 Å². The highest BCUT2D eigenvalue weighted by molar-refractivity contribution is 5.44. The number of nitriles is 1. The van der Waals surface area contributed by atoms with Gasteiger partial charge in [0, 0.05) is 0 Å². The molecule has 4 unspecified atom stereocenters. The minimum Gasteiger partial charge on any atom is -0.383 e. The SMILES string of the molecule is Cc1ccc2c(c1)C(O)(C1(C#N)CC3CCC1C3)CC2. The number of hydrogen-bond donors (Lipinski definition) is 1. The maximum absolute atomic E-state index is 11.5. The van der Waals surface area contributed by atoms with E-state index in [1.54, 1.807) is 0 Å². The van der Waals surface area contributed by atoms with Crippen LogP contribution in [0.4, 0.5) is 0 Å². The largest absolute Gasteiger partial charge is 0.383 e. The van der Waals surface area contributed by atoms with Crippen molar-refractivity contribution in [1.29, 1.82) is 5.26 Å². The van der Waals surface area contributed by atoms with Crippen molar-refractivity contribution in [2.75, 3.05) is 0 Å². The first-order valence-corrected chi connectivity index (χ1v) is 7.83. The average Bonchev–Trinajstić information content (AvgIpc) is 3.13. The molecular weight excluding hydrogens is 246 g/mol. The van der Waals surface area contributed by atoms with Crippen LogP contribution in [0.3, 0.4) is 0 Å². The first-order valence-electron chi connectivity index (χ1n) is 7.83. The van der Waals surface area contributed by atoms with Crippen LogP contribution in [-0.4, -0.2) is 5.11 Å². The summed E-state index contributed by atoms with van der Waals surface area (Å²) in [6.45, 7) is 2.07. The summed E-state index contributed by atoms with van der Waals surface area (Å²) >= 11 is 0. The molecule has 0 amide bonds. The smallest absolute Gasteiger partial charge is 0.109 e. The summed E-state index contributed by atoms with van der Waals surface area (Å²) in [7, 11) is 0. The Morgan fingerprint density at radius 2 is 2.20 bits per heavy atom. The van der Waals surface area contributed by atoms with Crippen molar-refractivity contribution in [3.8, 4) is 6.07 Å². The van der Waals surface area contributed by atoms with Crippen LogP contribution in [0.5, 0.6) is 0 Å². The number of rotatable bonds is 1. The first-order chi connectivity index (χ1) is 9.59. The Labute approximate surface area is 120 Å². The lowest BCUT2D eigenvalue weighted by Gasteiger charge is -2.44.